The van der Waals surface area contributed by atoms with E-state index in [1.54, 1.807) is 13.8 Å². The van der Waals surface area contributed by atoms with Gasteiger partial charge in [0, 0.05) is 13.0 Å². The lowest BCUT2D eigenvalue weighted by Crippen LogP contribution is -2.59. The van der Waals surface area contributed by atoms with Crippen molar-refractivity contribution in [3.63, 3.8) is 0 Å². The minimum atomic E-state index is -1.63. The van der Waals surface area contributed by atoms with Gasteiger partial charge in [0.05, 0.1) is 13.2 Å². The summed E-state index contributed by atoms with van der Waals surface area (Å²) in [6.45, 7) is 3.42. The van der Waals surface area contributed by atoms with Crippen LogP contribution >= 0.6 is 0 Å². The van der Waals surface area contributed by atoms with Crippen LogP contribution in [-0.4, -0.2) is 70.7 Å². The van der Waals surface area contributed by atoms with Gasteiger partial charge in [0.25, 0.3) is 0 Å². The molecule has 0 fully saturated rings. The zero-order valence-corrected chi connectivity index (χ0v) is 19.9. The SMILES string of the molecule is COC(=O)[C@H](Cc1ccc(O)cc1)N(C(=O)[C@@H](NC(=O)[C@@H](N)CCCN=C(N)N)C(C)C)[N+](=O)[O-]. The van der Waals surface area contributed by atoms with Crippen LogP contribution in [0.25, 0.3) is 0 Å². The van der Waals surface area contributed by atoms with Gasteiger partial charge < -0.3 is 32.4 Å². The molecule has 0 saturated heterocycles. The highest BCUT2D eigenvalue weighted by Gasteiger charge is 2.44. The van der Waals surface area contributed by atoms with Crippen molar-refractivity contribution in [2.24, 2.45) is 28.1 Å². The van der Waals surface area contributed by atoms with Crippen LogP contribution in [-0.2, 0) is 25.5 Å². The van der Waals surface area contributed by atoms with Crippen LogP contribution < -0.4 is 22.5 Å². The molecule has 35 heavy (non-hydrogen) atoms. The lowest BCUT2D eigenvalue weighted by atomic mass is 10.00. The van der Waals surface area contributed by atoms with Crippen molar-refractivity contribution in [2.75, 3.05) is 13.7 Å². The fourth-order valence-electron chi connectivity index (χ4n) is 3.18. The summed E-state index contributed by atoms with van der Waals surface area (Å²) in [5.74, 6) is -3.54. The topological polar surface area (TPSA) is 230 Å². The molecule has 0 radical (unpaired) electrons. The Hall–Kier alpha value is -3.94. The second-order valence-electron chi connectivity index (χ2n) is 8.12. The average Bonchev–Trinajstić information content (AvgIpc) is 2.79. The number of nitrogens with zero attached hydrogens (tertiary/aromatic N) is 3. The highest BCUT2D eigenvalue weighted by molar-refractivity contribution is 5.91. The third-order valence-electron chi connectivity index (χ3n) is 5.07. The van der Waals surface area contributed by atoms with E-state index in [9.17, 15) is 29.6 Å². The molecule has 0 aliphatic carbocycles. The predicted molar refractivity (Wildman–Crippen MR) is 126 cm³/mol. The summed E-state index contributed by atoms with van der Waals surface area (Å²) in [5, 5.41) is 23.0. The molecule has 1 aromatic rings. The second-order valence-corrected chi connectivity index (χ2v) is 8.12. The number of hydrazine groups is 1. The molecule has 0 unspecified atom stereocenters. The number of aliphatic imine (C=N–C) groups is 1. The van der Waals surface area contributed by atoms with E-state index in [0.717, 1.165) is 7.11 Å². The van der Waals surface area contributed by atoms with Gasteiger partial charge in [-0.1, -0.05) is 26.0 Å². The number of carbonyl (C=O) groups is 3. The quantitative estimate of drug-likeness (QED) is 0.0560. The highest BCUT2D eigenvalue weighted by atomic mass is 16.7. The number of benzene rings is 1. The van der Waals surface area contributed by atoms with Gasteiger partial charge in [0.15, 0.2) is 17.0 Å². The molecule has 0 aromatic heterocycles. The first-order valence-corrected chi connectivity index (χ1v) is 10.8. The average molecular weight is 496 g/mol. The Bertz CT molecular complexity index is 917. The number of phenolic OH excluding ortho intramolecular Hbond substituents is 1. The number of amides is 2. The third kappa shape index (κ3) is 9.08. The normalized spacial score (nSPS) is 13.3. The van der Waals surface area contributed by atoms with Crippen molar-refractivity contribution in [3.8, 4) is 5.75 Å². The van der Waals surface area contributed by atoms with Crippen molar-refractivity contribution in [1.82, 2.24) is 10.3 Å². The third-order valence-corrected chi connectivity index (χ3v) is 5.07. The van der Waals surface area contributed by atoms with Crippen molar-refractivity contribution < 1.29 is 29.3 Å². The van der Waals surface area contributed by atoms with Gasteiger partial charge in [-0.25, -0.2) is 14.9 Å². The molecule has 0 spiro atoms. The predicted octanol–water partition coefficient (Wildman–Crippen LogP) is -0.982. The Morgan fingerprint density at radius 1 is 1.23 bits per heavy atom. The van der Waals surface area contributed by atoms with E-state index in [-0.39, 0.29) is 36.1 Å². The molecule has 0 aliphatic rings. The van der Waals surface area contributed by atoms with Gasteiger partial charge in [-0.05, 0) is 41.5 Å². The Morgan fingerprint density at radius 3 is 2.31 bits per heavy atom. The first-order valence-electron chi connectivity index (χ1n) is 10.8. The minimum absolute atomic E-state index is 0.0391. The Balaban J connectivity index is 3.11. The van der Waals surface area contributed by atoms with E-state index >= 15 is 0 Å². The van der Waals surface area contributed by atoms with Gasteiger partial charge in [-0.3, -0.25) is 14.6 Å². The van der Waals surface area contributed by atoms with E-state index in [1.807, 2.05) is 0 Å². The lowest BCUT2D eigenvalue weighted by molar-refractivity contribution is -0.640. The smallest absolute Gasteiger partial charge is 0.335 e. The first-order chi connectivity index (χ1) is 16.4. The Kier molecular flexibility index (Phi) is 11.4. The Labute approximate surface area is 202 Å². The number of carbonyl (C=O) groups excluding carboxylic acids is 3. The number of esters is 1. The van der Waals surface area contributed by atoms with Crippen molar-refractivity contribution in [2.45, 2.75) is 51.2 Å². The number of hydrogen-bond acceptors (Lipinski definition) is 9. The van der Waals surface area contributed by atoms with E-state index in [4.69, 9.17) is 21.9 Å². The van der Waals surface area contributed by atoms with Crippen LogP contribution in [0.1, 0.15) is 32.3 Å². The standard InChI is InChI=1S/C21H33N7O7/c1-12(2)17(26-18(30)15(22)5-4-10-25-21(23)24)19(31)27(28(33)34)16(20(32)35-3)11-13-6-8-14(29)9-7-13/h6-9,12,15-17,29H,4-5,10-11,22H2,1-3H3,(H,26,30)(H4,23,24,25)/t15-,16-,17-/m0/s1. The number of rotatable bonds is 13. The summed E-state index contributed by atoms with van der Waals surface area (Å²) >= 11 is 0. The zero-order valence-electron chi connectivity index (χ0n) is 19.9. The van der Waals surface area contributed by atoms with Crippen LogP contribution in [0.2, 0.25) is 0 Å². The molecule has 0 heterocycles. The van der Waals surface area contributed by atoms with Crippen LogP contribution in [0.3, 0.4) is 0 Å². The summed E-state index contributed by atoms with van der Waals surface area (Å²) in [5.41, 5.74) is 16.8. The first kappa shape index (κ1) is 29.1. The monoisotopic (exact) mass is 495 g/mol. The second kappa shape index (κ2) is 13.7. The number of hydrogen-bond donors (Lipinski definition) is 5. The van der Waals surface area contributed by atoms with Crippen LogP contribution in [0.15, 0.2) is 29.3 Å². The number of nitrogens with two attached hydrogens (primary N) is 3. The molecule has 194 valence electrons. The summed E-state index contributed by atoms with van der Waals surface area (Å²) in [7, 11) is 1.04. The van der Waals surface area contributed by atoms with Gasteiger partial charge in [-0.2, -0.15) is 0 Å². The number of aromatic hydroxyl groups is 1. The zero-order chi connectivity index (χ0) is 26.7. The number of phenols is 1. The van der Waals surface area contributed by atoms with Gasteiger partial charge in [0.1, 0.15) is 11.8 Å². The molecule has 14 nitrogen and oxygen atoms in total. The molecule has 0 saturated carbocycles. The van der Waals surface area contributed by atoms with Crippen molar-refractivity contribution in [3.05, 3.63) is 39.9 Å². The van der Waals surface area contributed by atoms with E-state index in [2.05, 4.69) is 10.3 Å². The van der Waals surface area contributed by atoms with Crippen molar-refractivity contribution in [1.29, 1.82) is 0 Å². The molecule has 1 rings (SSSR count). The summed E-state index contributed by atoms with van der Waals surface area (Å²) in [6.07, 6.45) is 0.333. The molecule has 3 atom stereocenters. The molecule has 1 aromatic carbocycles. The molecular weight excluding hydrogens is 462 g/mol. The molecule has 8 N–H and O–H groups in total. The number of nitrogens with one attached hydrogen (secondary N) is 1. The summed E-state index contributed by atoms with van der Waals surface area (Å²) in [6, 6.07) is 1.60. The number of ether oxygens (including phenoxy) is 1. The fourth-order valence-corrected chi connectivity index (χ4v) is 3.18. The molecule has 0 bridgehead atoms. The number of methoxy groups -OCH3 is 1. The van der Waals surface area contributed by atoms with Gasteiger partial charge in [0.2, 0.25) is 5.91 Å². The maximum atomic E-state index is 13.3. The van der Waals surface area contributed by atoms with Gasteiger partial charge >= 0.3 is 11.9 Å². The molecule has 2 amide bonds. The molecule has 0 aliphatic heterocycles. The molecular formula is C21H33N7O7. The summed E-state index contributed by atoms with van der Waals surface area (Å²) in [4.78, 5) is 54.0. The van der Waals surface area contributed by atoms with Crippen LogP contribution in [0.4, 0.5) is 0 Å². The van der Waals surface area contributed by atoms with E-state index < -0.39 is 46.9 Å². The maximum absolute atomic E-state index is 13.3. The van der Waals surface area contributed by atoms with E-state index in [1.165, 1.54) is 24.3 Å². The fraction of sp³-hybridized carbons (Fsp3) is 0.524. The maximum Gasteiger partial charge on any atom is 0.335 e. The molecule has 14 heteroatoms. The largest absolute Gasteiger partial charge is 0.508 e. The number of guanidine groups is 1. The van der Waals surface area contributed by atoms with Gasteiger partial charge in [-0.15, -0.1) is 0 Å². The Morgan fingerprint density at radius 2 is 1.83 bits per heavy atom. The minimum Gasteiger partial charge on any atom is -0.508 e. The van der Waals surface area contributed by atoms with Crippen LogP contribution in [0.5, 0.6) is 5.75 Å². The number of nitro groups is 1. The van der Waals surface area contributed by atoms with Crippen molar-refractivity contribution >= 4 is 23.7 Å². The lowest BCUT2D eigenvalue weighted by Gasteiger charge is -2.28. The van der Waals surface area contributed by atoms with E-state index in [0.29, 0.717) is 12.0 Å². The summed E-state index contributed by atoms with van der Waals surface area (Å²) < 4.78 is 4.70. The highest BCUT2D eigenvalue weighted by Crippen LogP contribution is 2.17. The van der Waals surface area contributed by atoms with Crippen LogP contribution in [0, 0.1) is 16.0 Å².